The molecule has 96 valence electrons. The summed E-state index contributed by atoms with van der Waals surface area (Å²) in [6.45, 7) is 0.908. The summed E-state index contributed by atoms with van der Waals surface area (Å²) in [6, 6.07) is 20.4. The molecule has 0 spiro atoms. The van der Waals surface area contributed by atoms with Crippen molar-refractivity contribution in [3.63, 3.8) is 0 Å². The van der Waals surface area contributed by atoms with E-state index in [9.17, 15) is 0 Å². The highest BCUT2D eigenvalue weighted by molar-refractivity contribution is 5.56. The number of anilines is 1. The Morgan fingerprint density at radius 2 is 1.63 bits per heavy atom. The normalized spacial score (nSPS) is 9.84. The van der Waals surface area contributed by atoms with Crippen molar-refractivity contribution in [3.8, 4) is 6.07 Å². The molecular weight excluding hydrogens is 232 g/mol. The van der Waals surface area contributed by atoms with Gasteiger partial charge in [0.2, 0.25) is 0 Å². The van der Waals surface area contributed by atoms with Crippen LogP contribution in [0.1, 0.15) is 24.0 Å². The fourth-order valence-electron chi connectivity index (χ4n) is 2.06. The molecule has 0 amide bonds. The number of benzene rings is 2. The van der Waals surface area contributed by atoms with E-state index >= 15 is 0 Å². The molecule has 0 unspecified atom stereocenters. The maximum absolute atomic E-state index is 8.98. The minimum atomic E-state index is 0.713. The molecule has 1 N–H and O–H groups in total. The van der Waals surface area contributed by atoms with Crippen molar-refractivity contribution < 1.29 is 0 Å². The molecule has 2 aromatic carbocycles. The monoisotopic (exact) mass is 250 g/mol. The molecule has 0 aromatic heterocycles. The molecule has 0 aliphatic heterocycles. The third-order valence-electron chi connectivity index (χ3n) is 3.10. The van der Waals surface area contributed by atoms with Crippen LogP contribution in [0, 0.1) is 11.3 Å². The van der Waals surface area contributed by atoms with Crippen LogP contribution in [0.2, 0.25) is 0 Å². The number of hydrogen-bond donors (Lipinski definition) is 1. The van der Waals surface area contributed by atoms with Gasteiger partial charge in [0.15, 0.2) is 0 Å². The van der Waals surface area contributed by atoms with Crippen molar-refractivity contribution in [2.75, 3.05) is 11.9 Å². The number of nitrogens with one attached hydrogen (secondary N) is 1. The summed E-state index contributed by atoms with van der Waals surface area (Å²) in [5, 5.41) is 12.3. The summed E-state index contributed by atoms with van der Waals surface area (Å²) < 4.78 is 0. The highest BCUT2D eigenvalue weighted by atomic mass is 14.9. The van der Waals surface area contributed by atoms with E-state index in [0.717, 1.165) is 31.5 Å². The standard InChI is InChI=1S/C17H18N2/c18-14-16-11-4-5-12-17(16)19-13-7-6-10-15-8-2-1-3-9-15/h1-5,8-9,11-12,19H,6-7,10,13H2. The van der Waals surface area contributed by atoms with Gasteiger partial charge in [-0.1, -0.05) is 42.5 Å². The van der Waals surface area contributed by atoms with E-state index in [-0.39, 0.29) is 0 Å². The number of unbranched alkanes of at least 4 members (excludes halogenated alkanes) is 1. The van der Waals surface area contributed by atoms with Crippen LogP contribution < -0.4 is 5.32 Å². The van der Waals surface area contributed by atoms with Crippen molar-refractivity contribution in [2.24, 2.45) is 0 Å². The lowest BCUT2D eigenvalue weighted by Crippen LogP contribution is -2.03. The largest absolute Gasteiger partial charge is 0.384 e. The van der Waals surface area contributed by atoms with Gasteiger partial charge in [-0.05, 0) is 37.0 Å². The van der Waals surface area contributed by atoms with Gasteiger partial charge in [-0.2, -0.15) is 5.26 Å². The molecule has 2 heteroatoms. The minimum Gasteiger partial charge on any atom is -0.384 e. The fraction of sp³-hybridized carbons (Fsp3) is 0.235. The number of para-hydroxylation sites is 1. The second-order valence-electron chi connectivity index (χ2n) is 4.53. The molecule has 0 radical (unpaired) electrons. The summed E-state index contributed by atoms with van der Waals surface area (Å²) in [6.07, 6.45) is 3.38. The first kappa shape index (κ1) is 13.2. The molecule has 0 heterocycles. The van der Waals surface area contributed by atoms with Crippen LogP contribution in [0.5, 0.6) is 0 Å². The van der Waals surface area contributed by atoms with Crippen LogP contribution in [-0.4, -0.2) is 6.54 Å². The lowest BCUT2D eigenvalue weighted by molar-refractivity contribution is 0.763. The third kappa shape index (κ3) is 4.15. The van der Waals surface area contributed by atoms with E-state index in [1.54, 1.807) is 0 Å². The Balaban J connectivity index is 1.71. The predicted octanol–water partition coefficient (Wildman–Crippen LogP) is 3.99. The van der Waals surface area contributed by atoms with Gasteiger partial charge < -0.3 is 5.32 Å². The number of nitriles is 1. The maximum atomic E-state index is 8.98. The Morgan fingerprint density at radius 1 is 0.895 bits per heavy atom. The van der Waals surface area contributed by atoms with Crippen LogP contribution in [0.3, 0.4) is 0 Å². The van der Waals surface area contributed by atoms with Gasteiger partial charge in [-0.25, -0.2) is 0 Å². The zero-order valence-corrected chi connectivity index (χ0v) is 11.0. The number of nitrogens with zero attached hydrogens (tertiary/aromatic N) is 1. The molecule has 2 nitrogen and oxygen atoms in total. The minimum absolute atomic E-state index is 0.713. The van der Waals surface area contributed by atoms with E-state index in [4.69, 9.17) is 5.26 Å². The first-order chi connectivity index (χ1) is 9.40. The highest BCUT2D eigenvalue weighted by Crippen LogP contribution is 2.13. The first-order valence-electron chi connectivity index (χ1n) is 6.67. The quantitative estimate of drug-likeness (QED) is 0.787. The molecule has 0 bridgehead atoms. The third-order valence-corrected chi connectivity index (χ3v) is 3.10. The maximum Gasteiger partial charge on any atom is 0.101 e. The van der Waals surface area contributed by atoms with Gasteiger partial charge in [-0.3, -0.25) is 0 Å². The summed E-state index contributed by atoms with van der Waals surface area (Å²) in [7, 11) is 0. The van der Waals surface area contributed by atoms with Gasteiger partial charge in [0.25, 0.3) is 0 Å². The molecule has 0 atom stereocenters. The van der Waals surface area contributed by atoms with Crippen LogP contribution in [0.4, 0.5) is 5.69 Å². The van der Waals surface area contributed by atoms with E-state index in [0.29, 0.717) is 5.56 Å². The summed E-state index contributed by atoms with van der Waals surface area (Å²) in [5.41, 5.74) is 3.04. The Hall–Kier alpha value is -2.27. The second-order valence-corrected chi connectivity index (χ2v) is 4.53. The SMILES string of the molecule is N#Cc1ccccc1NCCCCc1ccccc1. The molecule has 0 fully saturated rings. The molecular formula is C17H18N2. The Bertz CT molecular complexity index is 541. The summed E-state index contributed by atoms with van der Waals surface area (Å²) in [4.78, 5) is 0. The average Bonchev–Trinajstić information content (AvgIpc) is 2.48. The number of aryl methyl sites for hydroxylation is 1. The van der Waals surface area contributed by atoms with Crippen molar-refractivity contribution in [1.82, 2.24) is 0 Å². The molecule has 2 rings (SSSR count). The Morgan fingerprint density at radius 3 is 2.42 bits per heavy atom. The summed E-state index contributed by atoms with van der Waals surface area (Å²) >= 11 is 0. The molecule has 0 saturated heterocycles. The van der Waals surface area contributed by atoms with Gasteiger partial charge in [0.05, 0.1) is 11.3 Å². The zero-order valence-electron chi connectivity index (χ0n) is 11.0. The van der Waals surface area contributed by atoms with Crippen LogP contribution in [0.25, 0.3) is 0 Å². The van der Waals surface area contributed by atoms with E-state index in [1.807, 2.05) is 30.3 Å². The van der Waals surface area contributed by atoms with Gasteiger partial charge in [0.1, 0.15) is 6.07 Å². The second kappa shape index (κ2) is 7.23. The topological polar surface area (TPSA) is 35.8 Å². The number of rotatable bonds is 6. The van der Waals surface area contributed by atoms with E-state index < -0.39 is 0 Å². The molecule has 0 aliphatic rings. The molecule has 19 heavy (non-hydrogen) atoms. The fourth-order valence-corrected chi connectivity index (χ4v) is 2.06. The lowest BCUT2D eigenvalue weighted by atomic mass is 10.1. The molecule has 2 aromatic rings. The van der Waals surface area contributed by atoms with Crippen LogP contribution in [-0.2, 0) is 6.42 Å². The Kier molecular flexibility index (Phi) is 5.01. The van der Waals surface area contributed by atoms with Crippen molar-refractivity contribution in [1.29, 1.82) is 5.26 Å². The van der Waals surface area contributed by atoms with Crippen molar-refractivity contribution in [2.45, 2.75) is 19.3 Å². The van der Waals surface area contributed by atoms with Gasteiger partial charge >= 0.3 is 0 Å². The van der Waals surface area contributed by atoms with Crippen LogP contribution >= 0.6 is 0 Å². The van der Waals surface area contributed by atoms with E-state index in [2.05, 4.69) is 35.7 Å². The van der Waals surface area contributed by atoms with Crippen molar-refractivity contribution >= 4 is 5.69 Å². The predicted molar refractivity (Wildman–Crippen MR) is 79.0 cm³/mol. The van der Waals surface area contributed by atoms with Gasteiger partial charge in [-0.15, -0.1) is 0 Å². The van der Waals surface area contributed by atoms with E-state index in [1.165, 1.54) is 5.56 Å². The highest BCUT2D eigenvalue weighted by Gasteiger charge is 1.99. The zero-order chi connectivity index (χ0) is 13.3. The average molecular weight is 250 g/mol. The Labute approximate surface area is 114 Å². The van der Waals surface area contributed by atoms with Crippen LogP contribution in [0.15, 0.2) is 54.6 Å². The first-order valence-corrected chi connectivity index (χ1v) is 6.67. The van der Waals surface area contributed by atoms with Gasteiger partial charge in [0, 0.05) is 6.54 Å². The summed E-state index contributed by atoms with van der Waals surface area (Å²) in [5.74, 6) is 0. The lowest BCUT2D eigenvalue weighted by Gasteiger charge is -2.07. The smallest absolute Gasteiger partial charge is 0.101 e. The molecule has 0 aliphatic carbocycles. The molecule has 0 saturated carbocycles. The number of hydrogen-bond acceptors (Lipinski definition) is 2. The van der Waals surface area contributed by atoms with Crippen molar-refractivity contribution in [3.05, 3.63) is 65.7 Å².